The summed E-state index contributed by atoms with van der Waals surface area (Å²) < 4.78 is 51.8. The van der Waals surface area contributed by atoms with Crippen LogP contribution in [-0.4, -0.2) is 41.3 Å². The van der Waals surface area contributed by atoms with Gasteiger partial charge < -0.3 is 10.2 Å². The van der Waals surface area contributed by atoms with E-state index in [9.17, 15) is 27.2 Å². The van der Waals surface area contributed by atoms with E-state index in [1.165, 1.54) is 0 Å². The molecular weight excluding hydrogens is 408 g/mol. The lowest BCUT2D eigenvalue weighted by atomic mass is 10.1. The van der Waals surface area contributed by atoms with Gasteiger partial charge >= 0.3 is 6.18 Å². The highest BCUT2D eigenvalue weighted by Crippen LogP contribution is 2.32. The molecule has 154 valence electrons. The van der Waals surface area contributed by atoms with Crippen molar-refractivity contribution >= 4 is 29.3 Å². The Hall–Kier alpha value is -2.55. The van der Waals surface area contributed by atoms with Gasteiger partial charge in [0.1, 0.15) is 5.82 Å². The Morgan fingerprint density at radius 3 is 2.31 bits per heavy atom. The van der Waals surface area contributed by atoms with Gasteiger partial charge in [-0.25, -0.2) is 4.39 Å². The van der Waals surface area contributed by atoms with Gasteiger partial charge in [-0.3, -0.25) is 9.59 Å². The quantitative estimate of drug-likeness (QED) is 0.745. The zero-order chi connectivity index (χ0) is 21.0. The van der Waals surface area contributed by atoms with Gasteiger partial charge in [0.2, 0.25) is 5.91 Å². The molecule has 3 rings (SSSR count). The van der Waals surface area contributed by atoms with Crippen LogP contribution in [-0.2, 0) is 17.4 Å². The molecule has 1 saturated heterocycles. The largest absolute Gasteiger partial charge is 0.419 e. The Morgan fingerprint density at radius 1 is 1.03 bits per heavy atom. The lowest BCUT2D eigenvalue weighted by Crippen LogP contribution is -2.38. The second-order valence-electron chi connectivity index (χ2n) is 6.51. The molecule has 0 bridgehead atoms. The van der Waals surface area contributed by atoms with Gasteiger partial charge in [0, 0.05) is 35.8 Å². The molecule has 0 saturated carbocycles. The Bertz CT molecular complexity index is 894. The normalized spacial score (nSPS) is 14.6. The molecule has 0 radical (unpaired) electrons. The first kappa shape index (κ1) is 21.2. The van der Waals surface area contributed by atoms with Gasteiger partial charge in [-0.2, -0.15) is 24.9 Å². The number of carbonyl (C=O) groups is 2. The Labute approximate surface area is 169 Å². The second kappa shape index (κ2) is 8.86. The monoisotopic (exact) mass is 426 g/mol. The van der Waals surface area contributed by atoms with Crippen LogP contribution < -0.4 is 5.32 Å². The van der Waals surface area contributed by atoms with E-state index in [0.717, 1.165) is 36.2 Å². The number of hydrogen-bond donors (Lipinski definition) is 1. The van der Waals surface area contributed by atoms with Gasteiger partial charge in [0.05, 0.1) is 12.0 Å². The highest BCUT2D eigenvalue weighted by atomic mass is 32.2. The van der Waals surface area contributed by atoms with E-state index >= 15 is 0 Å². The molecule has 1 aliphatic heterocycles. The summed E-state index contributed by atoms with van der Waals surface area (Å²) in [7, 11) is 0. The van der Waals surface area contributed by atoms with Crippen LogP contribution in [0, 0.1) is 5.82 Å². The third-order valence-corrected chi connectivity index (χ3v) is 5.41. The molecule has 2 aromatic rings. The molecule has 1 N–H and O–H groups in total. The summed E-state index contributed by atoms with van der Waals surface area (Å²) in [6.45, 7) is 1.46. The third-order valence-electron chi connectivity index (χ3n) is 4.46. The molecule has 0 atom stereocenters. The highest BCUT2D eigenvalue weighted by molar-refractivity contribution is 7.99. The molecule has 9 heteroatoms. The Kier molecular flexibility index (Phi) is 6.46. The first-order valence-corrected chi connectivity index (χ1v) is 10.0. The van der Waals surface area contributed by atoms with Crippen LogP contribution in [0.1, 0.15) is 21.5 Å². The number of benzene rings is 2. The standard InChI is InChI=1S/C20H18F4N2O2S/c21-17-6-3-14(12-16(17)20(22,23)24)19(28)25-15-4-1-13(2-5-15)11-18(27)26-7-9-29-10-8-26/h1-6,12H,7-11H2,(H,25,28). The van der Waals surface area contributed by atoms with Crippen molar-refractivity contribution in [2.45, 2.75) is 12.6 Å². The van der Waals surface area contributed by atoms with Crippen molar-refractivity contribution in [2.24, 2.45) is 0 Å². The van der Waals surface area contributed by atoms with Crippen LogP contribution >= 0.6 is 11.8 Å². The first-order chi connectivity index (χ1) is 13.7. The second-order valence-corrected chi connectivity index (χ2v) is 7.74. The summed E-state index contributed by atoms with van der Waals surface area (Å²) in [5, 5.41) is 2.47. The van der Waals surface area contributed by atoms with Crippen LogP contribution in [0.25, 0.3) is 0 Å². The maximum Gasteiger partial charge on any atom is 0.419 e. The number of hydrogen-bond acceptors (Lipinski definition) is 3. The molecule has 0 spiro atoms. The summed E-state index contributed by atoms with van der Waals surface area (Å²) in [5.41, 5.74) is -0.665. The van der Waals surface area contributed by atoms with Gasteiger partial charge in [-0.15, -0.1) is 0 Å². The van der Waals surface area contributed by atoms with Gasteiger partial charge in [-0.05, 0) is 35.9 Å². The molecule has 0 unspecified atom stereocenters. The fourth-order valence-corrected chi connectivity index (χ4v) is 3.80. The number of nitrogens with zero attached hydrogens (tertiary/aromatic N) is 1. The number of rotatable bonds is 4. The molecule has 2 amide bonds. The number of thioether (sulfide) groups is 1. The van der Waals surface area contributed by atoms with Crippen LogP contribution in [0.2, 0.25) is 0 Å². The highest BCUT2D eigenvalue weighted by Gasteiger charge is 2.34. The number of halogens is 4. The maximum absolute atomic E-state index is 13.4. The summed E-state index contributed by atoms with van der Waals surface area (Å²) in [4.78, 5) is 26.3. The first-order valence-electron chi connectivity index (χ1n) is 8.86. The van der Waals surface area contributed by atoms with E-state index in [1.54, 1.807) is 24.3 Å². The zero-order valence-electron chi connectivity index (χ0n) is 15.3. The maximum atomic E-state index is 13.4. The molecule has 4 nitrogen and oxygen atoms in total. The average Bonchev–Trinajstić information content (AvgIpc) is 2.69. The van der Waals surface area contributed by atoms with Crippen LogP contribution in [0.5, 0.6) is 0 Å². The zero-order valence-corrected chi connectivity index (χ0v) is 16.1. The molecule has 0 aromatic heterocycles. The third kappa shape index (κ3) is 5.50. The summed E-state index contributed by atoms with van der Waals surface area (Å²) in [6, 6.07) is 8.58. The van der Waals surface area contributed by atoms with E-state index < -0.39 is 23.5 Å². The van der Waals surface area contributed by atoms with Crippen molar-refractivity contribution in [3.63, 3.8) is 0 Å². The van der Waals surface area contributed by atoms with Crippen molar-refractivity contribution in [1.29, 1.82) is 0 Å². The van der Waals surface area contributed by atoms with Crippen LogP contribution in [0.4, 0.5) is 23.2 Å². The molecule has 1 heterocycles. The van der Waals surface area contributed by atoms with Crippen molar-refractivity contribution in [3.05, 3.63) is 65.0 Å². The van der Waals surface area contributed by atoms with Gasteiger partial charge in [0.25, 0.3) is 5.91 Å². The molecule has 2 aromatic carbocycles. The lowest BCUT2D eigenvalue weighted by molar-refractivity contribution is -0.140. The van der Waals surface area contributed by atoms with E-state index in [1.807, 2.05) is 16.7 Å². The minimum absolute atomic E-state index is 0.0353. The molecule has 0 aliphatic carbocycles. The topological polar surface area (TPSA) is 49.4 Å². The smallest absolute Gasteiger partial charge is 0.341 e. The van der Waals surface area contributed by atoms with Crippen molar-refractivity contribution < 1.29 is 27.2 Å². The van der Waals surface area contributed by atoms with Crippen molar-refractivity contribution in [3.8, 4) is 0 Å². The minimum Gasteiger partial charge on any atom is -0.341 e. The minimum atomic E-state index is -4.89. The number of anilines is 1. The number of nitrogens with one attached hydrogen (secondary N) is 1. The van der Waals surface area contributed by atoms with Crippen molar-refractivity contribution in [1.82, 2.24) is 4.90 Å². The van der Waals surface area contributed by atoms with Crippen LogP contribution in [0.3, 0.4) is 0 Å². The molecular formula is C20H18F4N2O2S. The molecule has 1 aliphatic rings. The predicted octanol–water partition coefficient (Wildman–Crippen LogP) is 4.21. The van der Waals surface area contributed by atoms with Crippen molar-refractivity contribution in [2.75, 3.05) is 29.9 Å². The van der Waals surface area contributed by atoms with Gasteiger partial charge in [-0.1, -0.05) is 12.1 Å². The van der Waals surface area contributed by atoms with E-state index in [0.29, 0.717) is 17.8 Å². The van der Waals surface area contributed by atoms with E-state index in [4.69, 9.17) is 0 Å². The van der Waals surface area contributed by atoms with Crippen LogP contribution in [0.15, 0.2) is 42.5 Å². The number of carbonyl (C=O) groups excluding carboxylic acids is 2. The Morgan fingerprint density at radius 2 is 1.69 bits per heavy atom. The fraction of sp³-hybridized carbons (Fsp3) is 0.300. The Balaban J connectivity index is 1.63. The SMILES string of the molecule is O=C(Nc1ccc(CC(=O)N2CCSCC2)cc1)c1ccc(F)c(C(F)(F)F)c1. The summed E-state index contributed by atoms with van der Waals surface area (Å²) in [5.74, 6) is -0.333. The predicted molar refractivity (Wildman–Crippen MR) is 103 cm³/mol. The molecule has 29 heavy (non-hydrogen) atoms. The fourth-order valence-electron chi connectivity index (χ4n) is 2.89. The number of alkyl halides is 3. The molecule has 1 fully saturated rings. The summed E-state index contributed by atoms with van der Waals surface area (Å²) in [6.07, 6.45) is -4.65. The van der Waals surface area contributed by atoms with E-state index in [-0.39, 0.29) is 17.9 Å². The number of amides is 2. The lowest BCUT2D eigenvalue weighted by Gasteiger charge is -2.26. The summed E-state index contributed by atoms with van der Waals surface area (Å²) >= 11 is 1.81. The average molecular weight is 426 g/mol. The van der Waals surface area contributed by atoms with Gasteiger partial charge in [0.15, 0.2) is 0 Å². The van der Waals surface area contributed by atoms with E-state index in [2.05, 4.69) is 5.32 Å².